The van der Waals surface area contributed by atoms with Gasteiger partial charge in [0.05, 0.1) is 24.1 Å². The van der Waals surface area contributed by atoms with Crippen molar-refractivity contribution in [1.82, 2.24) is 29.9 Å². The molecule has 0 spiro atoms. The maximum atomic E-state index is 11.9. The van der Waals surface area contributed by atoms with Crippen LogP contribution in [-0.2, 0) is 22.7 Å². The Morgan fingerprint density at radius 3 is 2.58 bits per heavy atom. The average molecular weight is 569 g/mol. The van der Waals surface area contributed by atoms with E-state index in [1.54, 1.807) is 24.4 Å². The number of amides is 1. The Hall–Kier alpha value is -3.54. The van der Waals surface area contributed by atoms with Crippen LogP contribution >= 0.6 is 12.6 Å². The second-order valence-electron chi connectivity index (χ2n) is 9.28. The molecule has 1 aliphatic rings. The Balaban J connectivity index is 0.000000268. The molecule has 3 heterocycles. The van der Waals surface area contributed by atoms with Gasteiger partial charge in [-0.05, 0) is 81.6 Å². The molecule has 1 aliphatic heterocycles. The summed E-state index contributed by atoms with van der Waals surface area (Å²) in [4.78, 5) is 41.8. The van der Waals surface area contributed by atoms with E-state index >= 15 is 0 Å². The number of aromatic hydroxyl groups is 1. The van der Waals surface area contributed by atoms with E-state index in [1.165, 1.54) is 56.7 Å². The van der Waals surface area contributed by atoms with Crippen LogP contribution in [0.25, 0.3) is 5.69 Å². The van der Waals surface area contributed by atoms with Crippen LogP contribution in [0, 0.1) is 0 Å². The summed E-state index contributed by atoms with van der Waals surface area (Å²) in [7, 11) is 3.28. The summed E-state index contributed by atoms with van der Waals surface area (Å²) in [6.07, 6.45) is 14.2. The molecule has 1 atom stereocenters. The summed E-state index contributed by atoms with van der Waals surface area (Å²) in [5.41, 5.74) is 3.38. The van der Waals surface area contributed by atoms with Crippen LogP contribution in [0.15, 0.2) is 55.1 Å². The molecule has 11 heteroatoms. The Labute approximate surface area is 241 Å². The third kappa shape index (κ3) is 10.2. The molecule has 2 aromatic heterocycles. The zero-order valence-electron chi connectivity index (χ0n) is 23.4. The zero-order valence-corrected chi connectivity index (χ0v) is 24.3. The average Bonchev–Trinajstić information content (AvgIpc) is 3.68. The molecule has 40 heavy (non-hydrogen) atoms. The van der Waals surface area contributed by atoms with Gasteiger partial charge >= 0.3 is 0 Å². The van der Waals surface area contributed by atoms with E-state index in [1.807, 2.05) is 29.2 Å². The second-order valence-corrected chi connectivity index (χ2v) is 9.28. The van der Waals surface area contributed by atoms with Gasteiger partial charge in [-0.15, -0.1) is 0 Å². The number of aromatic nitrogens is 3. The van der Waals surface area contributed by atoms with Crippen molar-refractivity contribution in [3.63, 3.8) is 0 Å². The second kappa shape index (κ2) is 17.9. The van der Waals surface area contributed by atoms with Crippen molar-refractivity contribution in [2.75, 3.05) is 33.4 Å². The molecule has 0 saturated carbocycles. The number of hydrogen-bond acceptors (Lipinski definition) is 9. The molecule has 1 amide bonds. The Kier molecular flexibility index (Phi) is 14.6. The Morgan fingerprint density at radius 1 is 1.20 bits per heavy atom. The van der Waals surface area contributed by atoms with E-state index < -0.39 is 6.04 Å². The molecule has 0 aliphatic carbocycles. The molecular weight excluding hydrogens is 528 g/mol. The van der Waals surface area contributed by atoms with E-state index in [9.17, 15) is 19.5 Å². The van der Waals surface area contributed by atoms with Gasteiger partial charge in [-0.1, -0.05) is 0 Å². The van der Waals surface area contributed by atoms with E-state index in [0.29, 0.717) is 30.4 Å². The van der Waals surface area contributed by atoms with Gasteiger partial charge in [0.25, 0.3) is 0 Å². The lowest BCUT2D eigenvalue weighted by molar-refractivity contribution is -0.126. The number of aldehydes is 2. The van der Waals surface area contributed by atoms with Crippen LogP contribution < -0.4 is 5.32 Å². The normalized spacial score (nSPS) is 13.4. The first kappa shape index (κ1) is 32.7. The van der Waals surface area contributed by atoms with Crippen LogP contribution in [0.1, 0.15) is 47.2 Å². The number of carbonyl (C=O) groups is 3. The van der Waals surface area contributed by atoms with Crippen LogP contribution in [0.3, 0.4) is 0 Å². The van der Waals surface area contributed by atoms with Crippen molar-refractivity contribution in [2.45, 2.75) is 44.8 Å². The van der Waals surface area contributed by atoms with E-state index in [2.05, 4.69) is 39.1 Å². The van der Waals surface area contributed by atoms with Gasteiger partial charge in [-0.2, -0.15) is 17.7 Å². The Morgan fingerprint density at radius 2 is 1.95 bits per heavy atom. The lowest BCUT2D eigenvalue weighted by atomic mass is 10.0. The van der Waals surface area contributed by atoms with Gasteiger partial charge in [0.1, 0.15) is 18.3 Å². The largest absolute Gasteiger partial charge is 0.508 e. The number of likely N-dealkylation sites (tertiary alicyclic amines) is 1. The predicted molar refractivity (Wildman–Crippen MR) is 159 cm³/mol. The lowest BCUT2D eigenvalue weighted by Gasteiger charge is -2.26. The van der Waals surface area contributed by atoms with Crippen LogP contribution in [0.4, 0.5) is 0 Å². The number of pyridine rings is 1. The molecule has 4 rings (SSSR count). The van der Waals surface area contributed by atoms with Crippen LogP contribution in [-0.4, -0.2) is 87.6 Å². The van der Waals surface area contributed by atoms with Crippen molar-refractivity contribution < 1.29 is 19.5 Å². The quantitative estimate of drug-likeness (QED) is 0.238. The smallest absolute Gasteiger partial charge is 0.237 e. The number of thiol groups is 1. The minimum atomic E-state index is -0.470. The molecule has 3 aromatic rings. The minimum Gasteiger partial charge on any atom is -0.508 e. The van der Waals surface area contributed by atoms with E-state index in [4.69, 9.17) is 0 Å². The lowest BCUT2D eigenvalue weighted by Crippen LogP contribution is -2.43. The zero-order chi connectivity index (χ0) is 29.3. The van der Waals surface area contributed by atoms with E-state index in [0.717, 1.165) is 18.5 Å². The summed E-state index contributed by atoms with van der Waals surface area (Å²) in [5.74, 6) is -0.124. The van der Waals surface area contributed by atoms with Crippen LogP contribution in [0.2, 0.25) is 0 Å². The van der Waals surface area contributed by atoms with Gasteiger partial charge in [0, 0.05) is 50.1 Å². The topological polar surface area (TPSA) is 121 Å². The van der Waals surface area contributed by atoms with E-state index in [-0.39, 0.29) is 18.1 Å². The van der Waals surface area contributed by atoms with Gasteiger partial charge in [-0.3, -0.25) is 24.4 Å². The molecule has 1 aromatic carbocycles. The first-order valence-electron chi connectivity index (χ1n) is 13.2. The number of phenols is 1. The highest BCUT2D eigenvalue weighted by atomic mass is 32.1. The first-order chi connectivity index (χ1) is 19.4. The van der Waals surface area contributed by atoms with Gasteiger partial charge in [0.15, 0.2) is 0 Å². The molecule has 1 saturated heterocycles. The number of benzene rings is 1. The Bertz CT molecular complexity index is 1180. The minimum absolute atomic E-state index is 0.0633. The molecule has 0 bridgehead atoms. The molecular formula is C29H40N6O4S. The molecule has 10 nitrogen and oxygen atoms in total. The maximum absolute atomic E-state index is 11.9. The van der Waals surface area contributed by atoms with Crippen molar-refractivity contribution in [3.05, 3.63) is 71.8 Å². The fourth-order valence-electron chi connectivity index (χ4n) is 4.44. The molecule has 1 unspecified atom stereocenters. The monoisotopic (exact) mass is 568 g/mol. The number of nitrogens with zero attached hydrogens (tertiary/aromatic N) is 5. The van der Waals surface area contributed by atoms with Gasteiger partial charge in [-0.25, -0.2) is 4.68 Å². The fourth-order valence-corrected chi connectivity index (χ4v) is 4.44. The van der Waals surface area contributed by atoms with Crippen molar-refractivity contribution in [1.29, 1.82) is 0 Å². The highest BCUT2D eigenvalue weighted by Crippen LogP contribution is 2.19. The molecule has 1 fully saturated rings. The third-order valence-electron chi connectivity index (χ3n) is 6.46. The summed E-state index contributed by atoms with van der Waals surface area (Å²) < 4.78 is 1.89. The van der Waals surface area contributed by atoms with Gasteiger partial charge in [0.2, 0.25) is 5.91 Å². The number of hydrogen-bond donors (Lipinski definition) is 3. The number of carbonyl (C=O) groups excluding carboxylic acids is 3. The molecule has 0 radical (unpaired) electrons. The summed E-state index contributed by atoms with van der Waals surface area (Å²) in [5, 5.41) is 16.5. The van der Waals surface area contributed by atoms with Crippen LogP contribution in [0.5, 0.6) is 5.75 Å². The highest BCUT2D eigenvalue weighted by molar-refractivity contribution is 7.79. The van der Waals surface area contributed by atoms with Crippen molar-refractivity contribution >= 4 is 31.1 Å². The predicted octanol–water partition coefficient (Wildman–Crippen LogP) is 3.14. The number of nitrogens with one attached hydrogen (secondary N) is 1. The van der Waals surface area contributed by atoms with Gasteiger partial charge < -0.3 is 15.2 Å². The molecule has 216 valence electrons. The highest BCUT2D eigenvalue weighted by Gasteiger charge is 2.22. The number of phenolic OH excluding ortho intramolecular Hbond substituents is 1. The maximum Gasteiger partial charge on any atom is 0.237 e. The summed E-state index contributed by atoms with van der Waals surface area (Å²) >= 11 is 3.53. The third-order valence-corrected chi connectivity index (χ3v) is 6.46. The standard InChI is InChI=1S/C15H20N2O4.C13H16N4.CH4S/c1-16-15(21)14(4-3-7-18)17(2)9-12-8-13(20)6-5-11(12)10-19;1-2-7-16(6-1)10-12-8-15-17(11-12)13-4-3-5-14-9-13;1-2/h5-8,10,14,20H,3-4,9H2,1-2H3,(H,16,21);3-5,8-9,11H,1-2,6-7,10H2;2H,1H3. The number of likely N-dealkylation sites (N-methyl/N-ethyl adjacent to an activating group) is 2. The fraction of sp³-hybridized carbons (Fsp3) is 0.414. The SMILES string of the molecule is CNC(=O)C(CCC=O)N(C)Cc1cc(O)ccc1C=O.CS.c1cncc(-n2cc(CN3CCCC3)cn2)c1. The number of rotatable bonds is 11. The summed E-state index contributed by atoms with van der Waals surface area (Å²) in [6.45, 7) is 3.77. The van der Waals surface area contributed by atoms with Crippen molar-refractivity contribution in [3.8, 4) is 11.4 Å². The summed E-state index contributed by atoms with van der Waals surface area (Å²) in [6, 6.07) is 7.95. The molecule has 2 N–H and O–H groups in total. The van der Waals surface area contributed by atoms with Crippen molar-refractivity contribution in [2.24, 2.45) is 0 Å². The first-order valence-corrected chi connectivity index (χ1v) is 14.1.